The van der Waals surface area contributed by atoms with Crippen molar-refractivity contribution in [3.63, 3.8) is 0 Å². The fraction of sp³-hybridized carbons (Fsp3) is 0.0517. The number of aromatic amines is 2. The van der Waals surface area contributed by atoms with E-state index in [1.165, 1.54) is 12.1 Å². The smallest absolute Gasteiger partial charge is 0.345 e. The summed E-state index contributed by atoms with van der Waals surface area (Å²) in [4.78, 5) is 57.5. The molecule has 0 spiro atoms. The predicted octanol–water partition coefficient (Wildman–Crippen LogP) is 12.7. The van der Waals surface area contributed by atoms with Gasteiger partial charge in [-0.2, -0.15) is 13.2 Å². The minimum Gasteiger partial charge on any atom is -0.345 e. The Morgan fingerprint density at radius 2 is 1.17 bits per heavy atom. The highest BCUT2D eigenvalue weighted by atomic mass is 19.4. The van der Waals surface area contributed by atoms with Crippen LogP contribution in [-0.4, -0.2) is 69.4 Å². The van der Waals surface area contributed by atoms with Gasteiger partial charge >= 0.3 is 6.18 Å². The lowest BCUT2D eigenvalue weighted by Crippen LogP contribution is -2.06. The van der Waals surface area contributed by atoms with Crippen molar-refractivity contribution in [2.45, 2.75) is 12.6 Å². The molecule has 0 saturated carbocycles. The monoisotopic (exact) mass is 1030 g/mol. The fourth-order valence-corrected chi connectivity index (χ4v) is 9.17. The molecule has 17 nitrogen and oxygen atoms in total. The second-order valence-electron chi connectivity index (χ2n) is 18.3. The van der Waals surface area contributed by atoms with Crippen molar-refractivity contribution in [3.8, 4) is 56.3 Å². The summed E-state index contributed by atoms with van der Waals surface area (Å²) < 4.78 is 43.2. The minimum atomic E-state index is -4.53. The Hall–Kier alpha value is -10.8. The highest BCUT2D eigenvalue weighted by Gasteiger charge is 2.30. The maximum absolute atomic E-state index is 13.8. The Bertz CT molecular complexity index is 4390. The maximum Gasteiger partial charge on any atom is 0.416 e. The number of alkyl halides is 3. The van der Waals surface area contributed by atoms with Gasteiger partial charge in [0.15, 0.2) is 5.65 Å². The Balaban J connectivity index is 0.798. The molecule has 0 aliphatic rings. The van der Waals surface area contributed by atoms with E-state index in [9.17, 15) is 13.2 Å². The average Bonchev–Trinajstić information content (AvgIpc) is 4.25. The first-order chi connectivity index (χ1) is 38.0. The van der Waals surface area contributed by atoms with Crippen LogP contribution < -0.4 is 16.0 Å². The van der Waals surface area contributed by atoms with Crippen LogP contribution in [0.5, 0.6) is 0 Å². The molecule has 13 aromatic rings. The zero-order valence-corrected chi connectivity index (χ0v) is 41.0. The second-order valence-corrected chi connectivity index (χ2v) is 18.3. The van der Waals surface area contributed by atoms with Crippen LogP contribution in [0.4, 0.5) is 48.1 Å². The van der Waals surface area contributed by atoms with Crippen LogP contribution in [-0.2, 0) is 19.6 Å². The zero-order valence-electron chi connectivity index (χ0n) is 41.0. The van der Waals surface area contributed by atoms with E-state index in [0.29, 0.717) is 52.4 Å². The number of nitrogens with zero attached hydrogens (tertiary/aromatic N) is 12. The Labute approximate surface area is 440 Å². The van der Waals surface area contributed by atoms with Gasteiger partial charge in [-0.3, -0.25) is 4.98 Å². The lowest BCUT2D eigenvalue weighted by atomic mass is 10.0. The second kappa shape index (κ2) is 19.5. The third-order valence-electron chi connectivity index (χ3n) is 13.0. The van der Waals surface area contributed by atoms with Crippen LogP contribution in [0, 0.1) is 0 Å². The lowest BCUT2D eigenvalue weighted by molar-refractivity contribution is -0.137. The number of pyridine rings is 2. The summed E-state index contributed by atoms with van der Waals surface area (Å²) in [5, 5.41) is 9.85. The largest absolute Gasteiger partial charge is 0.416 e. The number of aromatic nitrogens is 14. The molecule has 0 atom stereocenters. The van der Waals surface area contributed by atoms with Crippen LogP contribution in [0.25, 0.3) is 89.5 Å². The molecule has 0 aliphatic carbocycles. The molecule has 5 aromatic carbocycles. The van der Waals surface area contributed by atoms with Gasteiger partial charge < -0.3 is 30.5 Å². The van der Waals surface area contributed by atoms with E-state index in [2.05, 4.69) is 50.8 Å². The Kier molecular flexibility index (Phi) is 11.7. The molecular formula is C58H40F3N17. The highest BCUT2D eigenvalue weighted by Crippen LogP contribution is 2.34. The molecule has 0 radical (unpaired) electrons. The van der Waals surface area contributed by atoms with Gasteiger partial charge in [-0.05, 0) is 120 Å². The summed E-state index contributed by atoms with van der Waals surface area (Å²) in [6, 6.07) is 43.9. The topological polar surface area (TPSA) is 214 Å². The molecule has 0 bridgehead atoms. The van der Waals surface area contributed by atoms with E-state index in [-0.39, 0.29) is 11.6 Å². The Morgan fingerprint density at radius 3 is 2.04 bits per heavy atom. The van der Waals surface area contributed by atoms with E-state index in [1.54, 1.807) is 43.6 Å². The van der Waals surface area contributed by atoms with Gasteiger partial charge in [0, 0.05) is 65.8 Å². The molecule has 378 valence electrons. The average molecular weight is 1030 g/mol. The first-order valence-electron chi connectivity index (χ1n) is 24.4. The summed E-state index contributed by atoms with van der Waals surface area (Å²) >= 11 is 0. The molecule has 20 heteroatoms. The molecule has 5 N–H and O–H groups in total. The number of fused-ring (bicyclic) bond motifs is 3. The van der Waals surface area contributed by atoms with Gasteiger partial charge in [0.2, 0.25) is 17.8 Å². The molecule has 0 amide bonds. The molecular weight excluding hydrogens is 992 g/mol. The number of aryl methyl sites for hydroxylation is 1. The number of benzene rings is 5. The van der Waals surface area contributed by atoms with Crippen molar-refractivity contribution in [3.05, 3.63) is 200 Å². The molecule has 8 aromatic heterocycles. The normalized spacial score (nSPS) is 11.6. The number of nitrogens with one attached hydrogen (secondary N) is 5. The quantitative estimate of drug-likeness (QED) is 0.0727. The third kappa shape index (κ3) is 9.86. The predicted molar refractivity (Wildman–Crippen MR) is 293 cm³/mol. The lowest BCUT2D eigenvalue weighted by Gasteiger charge is -2.13. The standard InChI is InChI=1S/C58H40F3N17/c1-78-32-69-51-24-37(12-14-53(51)78)47-28-50(77-57(76-47)72-42-10-4-7-39(26-42)58(59,60)61)49-22-35(15-17-62-49)34-6-3-9-41(21-34)71-56-73-43(27-46(75-56)36-11-13-45-48(23-36)66-30-65-45)20-33-5-2-8-40(19-33)70-55-63-18-16-44(74-55)38-25-52-54(64-29-38)68-31-67-52/h2-19,21-32H,20H2,1H3,(H,65,66)(H,63,70,74)(H,64,67,68)(H,71,73,75)(H,72,76,77). The number of rotatable bonds is 13. The van der Waals surface area contributed by atoms with Gasteiger partial charge in [-0.25, -0.2) is 49.8 Å². The summed E-state index contributed by atoms with van der Waals surface area (Å²) in [5.74, 6) is 0.907. The van der Waals surface area contributed by atoms with E-state index < -0.39 is 11.7 Å². The van der Waals surface area contributed by atoms with Crippen molar-refractivity contribution in [1.29, 1.82) is 0 Å². The maximum atomic E-state index is 13.8. The number of imidazole rings is 3. The molecule has 0 saturated heterocycles. The first kappa shape index (κ1) is 47.0. The molecule has 8 heterocycles. The van der Waals surface area contributed by atoms with Crippen LogP contribution in [0.3, 0.4) is 0 Å². The van der Waals surface area contributed by atoms with Crippen molar-refractivity contribution in [2.24, 2.45) is 7.05 Å². The summed E-state index contributed by atoms with van der Waals surface area (Å²) in [5.41, 5.74) is 14.5. The number of anilines is 6. The summed E-state index contributed by atoms with van der Waals surface area (Å²) in [6.45, 7) is 0. The van der Waals surface area contributed by atoms with Crippen LogP contribution >= 0.6 is 0 Å². The summed E-state index contributed by atoms with van der Waals surface area (Å²) in [6.07, 6.45) is 6.09. The Morgan fingerprint density at radius 1 is 0.474 bits per heavy atom. The minimum absolute atomic E-state index is 0.0891. The van der Waals surface area contributed by atoms with E-state index in [0.717, 1.165) is 90.2 Å². The molecule has 0 fully saturated rings. The number of hydrogen-bond donors (Lipinski definition) is 5. The van der Waals surface area contributed by atoms with Crippen molar-refractivity contribution >= 4 is 68.1 Å². The fourth-order valence-electron chi connectivity index (χ4n) is 9.17. The van der Waals surface area contributed by atoms with Gasteiger partial charge in [0.05, 0.1) is 86.3 Å². The molecule has 0 unspecified atom stereocenters. The molecule has 0 aliphatic heterocycles. The van der Waals surface area contributed by atoms with Crippen molar-refractivity contribution in [1.82, 2.24) is 69.4 Å². The highest BCUT2D eigenvalue weighted by molar-refractivity contribution is 5.84. The third-order valence-corrected chi connectivity index (χ3v) is 13.0. The molecule has 78 heavy (non-hydrogen) atoms. The number of halogens is 3. The number of hydrogen-bond acceptors (Lipinski definition) is 14. The van der Waals surface area contributed by atoms with Crippen LogP contribution in [0.2, 0.25) is 0 Å². The van der Waals surface area contributed by atoms with Crippen molar-refractivity contribution < 1.29 is 13.2 Å². The number of H-pyrrole nitrogens is 2. The van der Waals surface area contributed by atoms with Crippen LogP contribution in [0.1, 0.15) is 16.8 Å². The first-order valence-corrected chi connectivity index (χ1v) is 24.4. The van der Waals surface area contributed by atoms with E-state index in [1.807, 2.05) is 127 Å². The van der Waals surface area contributed by atoms with E-state index >= 15 is 0 Å². The van der Waals surface area contributed by atoms with Crippen molar-refractivity contribution in [2.75, 3.05) is 16.0 Å². The SMILES string of the molecule is Cn1cnc2cc(-c3cc(-c4cc(-c5cccc(Nc6nc(Cc7cccc(Nc8nccc(-c9cnc%10nc[nH]c%10c9)n8)c7)cc(-c7ccc8[nH]cnc8c7)n6)c5)ccn4)nc(Nc4cccc(C(F)(F)F)c4)n3)ccc21. The van der Waals surface area contributed by atoms with Gasteiger partial charge in [-0.1, -0.05) is 42.5 Å². The van der Waals surface area contributed by atoms with Gasteiger partial charge in [0.1, 0.15) is 0 Å². The van der Waals surface area contributed by atoms with Gasteiger partial charge in [-0.15, -0.1) is 0 Å². The van der Waals surface area contributed by atoms with E-state index in [4.69, 9.17) is 29.9 Å². The zero-order chi connectivity index (χ0) is 52.7. The summed E-state index contributed by atoms with van der Waals surface area (Å²) in [7, 11) is 1.91. The van der Waals surface area contributed by atoms with Crippen LogP contribution in [0.15, 0.2) is 183 Å². The molecule has 13 rings (SSSR count). The van der Waals surface area contributed by atoms with Gasteiger partial charge in [0.25, 0.3) is 0 Å².